The molecule has 0 amide bonds. The molecule has 0 aromatic carbocycles. The van der Waals surface area contributed by atoms with Gasteiger partial charge in [0.1, 0.15) is 0 Å². The molecule has 0 nitrogen and oxygen atoms in total. The number of hydrogen-bond donors (Lipinski definition) is 0. The molecule has 0 atom stereocenters. The van der Waals surface area contributed by atoms with Gasteiger partial charge in [0.05, 0.1) is 0 Å². The van der Waals surface area contributed by atoms with Crippen LogP contribution in [0.5, 0.6) is 0 Å². The molecule has 0 saturated heterocycles. The molecular formula is Ir6. The molecule has 0 rings (SSSR count). The van der Waals surface area contributed by atoms with E-state index in [2.05, 4.69) is 0 Å². The van der Waals surface area contributed by atoms with Crippen molar-refractivity contribution in [1.29, 1.82) is 0 Å². The van der Waals surface area contributed by atoms with Gasteiger partial charge in [0.15, 0.2) is 0 Å². The van der Waals surface area contributed by atoms with Crippen molar-refractivity contribution in [3.8, 4) is 0 Å². The Kier molecular flexibility index (Phi) is 314. The molecule has 0 spiro atoms. The van der Waals surface area contributed by atoms with Crippen LogP contribution in [0.4, 0.5) is 0 Å². The maximum Gasteiger partial charge on any atom is 0 e. The van der Waals surface area contributed by atoms with Gasteiger partial charge in [-0.2, -0.15) is 0 Å². The maximum atomic E-state index is 0. The quantitative estimate of drug-likeness (QED) is 0.321. The average Bonchev–Trinajstić information content (AvgIpc) is 0. The molecule has 0 aliphatic rings. The summed E-state index contributed by atoms with van der Waals surface area (Å²) in [7, 11) is 0. The topological polar surface area (TPSA) is 0 Å². The molecule has 0 aromatic rings. The van der Waals surface area contributed by atoms with Gasteiger partial charge >= 0.3 is 0 Å². The molecule has 0 N–H and O–H groups in total. The van der Waals surface area contributed by atoms with Gasteiger partial charge in [-0.05, 0) is 0 Å². The smallest absolute Gasteiger partial charge is 0 e. The molecule has 0 fully saturated rings. The van der Waals surface area contributed by atoms with E-state index in [-0.39, 0.29) is 121 Å². The summed E-state index contributed by atoms with van der Waals surface area (Å²) < 4.78 is 0. The molecule has 0 aromatic heterocycles. The minimum absolute atomic E-state index is 0. The van der Waals surface area contributed by atoms with E-state index in [1.807, 2.05) is 0 Å². The van der Waals surface area contributed by atoms with Gasteiger partial charge in [-0.15, -0.1) is 0 Å². The van der Waals surface area contributed by atoms with E-state index in [1.165, 1.54) is 0 Å². The van der Waals surface area contributed by atoms with Crippen LogP contribution in [0, 0.1) is 0 Å². The second kappa shape index (κ2) is 36.5. The van der Waals surface area contributed by atoms with E-state index >= 15 is 0 Å². The molecule has 6 radical (unpaired) electrons. The number of rotatable bonds is 0. The fraction of sp³-hybridized carbons (Fsp3) is 0. The third kappa shape index (κ3) is 24.7. The Morgan fingerprint density at radius 3 is 0.167 bits per heavy atom. The summed E-state index contributed by atoms with van der Waals surface area (Å²) in [5.41, 5.74) is 0. The molecular weight excluding hydrogens is 1150 g/mol. The molecule has 0 aliphatic heterocycles. The standard InChI is InChI=1S/6Ir. The summed E-state index contributed by atoms with van der Waals surface area (Å²) in [5.74, 6) is 0. The predicted octanol–water partition coefficient (Wildman–Crippen LogP) is -0.0150. The summed E-state index contributed by atoms with van der Waals surface area (Å²) in [5, 5.41) is 0. The zero-order chi connectivity index (χ0) is 0. The maximum absolute atomic E-state index is 0. The first-order chi connectivity index (χ1) is 0. The molecule has 0 aliphatic carbocycles. The van der Waals surface area contributed by atoms with Gasteiger partial charge in [-0.1, -0.05) is 0 Å². The summed E-state index contributed by atoms with van der Waals surface area (Å²) in [6.07, 6.45) is 0. The van der Waals surface area contributed by atoms with Gasteiger partial charge in [-0.3, -0.25) is 0 Å². The van der Waals surface area contributed by atoms with Crippen LogP contribution in [0.1, 0.15) is 0 Å². The van der Waals surface area contributed by atoms with Crippen LogP contribution in [0.2, 0.25) is 0 Å². The summed E-state index contributed by atoms with van der Waals surface area (Å²) in [6.45, 7) is 0. The van der Waals surface area contributed by atoms with Crippen molar-refractivity contribution in [2.45, 2.75) is 0 Å². The third-order valence-electron chi connectivity index (χ3n) is 0. The van der Waals surface area contributed by atoms with Gasteiger partial charge in [0, 0.05) is 121 Å². The van der Waals surface area contributed by atoms with Gasteiger partial charge in [0.2, 0.25) is 0 Å². The van der Waals surface area contributed by atoms with Crippen LogP contribution in [0.3, 0.4) is 0 Å². The van der Waals surface area contributed by atoms with E-state index in [0.717, 1.165) is 0 Å². The molecule has 0 unspecified atom stereocenters. The van der Waals surface area contributed by atoms with E-state index in [0.29, 0.717) is 0 Å². The Hall–Kier alpha value is 3.90. The molecule has 0 saturated carbocycles. The second-order valence-corrected chi connectivity index (χ2v) is 0. The average molecular weight is 1150 g/mol. The Labute approximate surface area is 118 Å². The molecule has 6 heavy (non-hydrogen) atoms. The number of hydrogen-bond acceptors (Lipinski definition) is 0. The monoisotopic (exact) mass is 1160 g/mol. The molecule has 0 bridgehead atoms. The zero-order valence-electron chi connectivity index (χ0n) is 2.00. The van der Waals surface area contributed by atoms with Crippen LogP contribution in [0.15, 0.2) is 0 Å². The van der Waals surface area contributed by atoms with Gasteiger partial charge in [0.25, 0.3) is 0 Å². The molecule has 0 heterocycles. The Morgan fingerprint density at radius 2 is 0.167 bits per heavy atom. The van der Waals surface area contributed by atoms with Crippen LogP contribution >= 0.6 is 0 Å². The Bertz CT molecular complexity index is 0. The van der Waals surface area contributed by atoms with Crippen molar-refractivity contribution >= 4 is 0 Å². The second-order valence-electron chi connectivity index (χ2n) is 0. The SMILES string of the molecule is [Ir].[Ir].[Ir].[Ir].[Ir].[Ir]. The van der Waals surface area contributed by atoms with Crippen molar-refractivity contribution in [2.75, 3.05) is 0 Å². The fourth-order valence-corrected chi connectivity index (χ4v) is 0. The summed E-state index contributed by atoms with van der Waals surface area (Å²) in [6, 6.07) is 0. The molecule has 54 valence electrons. The van der Waals surface area contributed by atoms with Crippen molar-refractivity contribution < 1.29 is 121 Å². The van der Waals surface area contributed by atoms with E-state index in [9.17, 15) is 0 Å². The van der Waals surface area contributed by atoms with Crippen molar-refractivity contribution in [3.63, 3.8) is 0 Å². The predicted molar refractivity (Wildman–Crippen MR) is 0 cm³/mol. The van der Waals surface area contributed by atoms with Crippen molar-refractivity contribution in [2.24, 2.45) is 0 Å². The van der Waals surface area contributed by atoms with E-state index in [4.69, 9.17) is 0 Å². The van der Waals surface area contributed by atoms with Crippen LogP contribution in [-0.2, 0) is 121 Å². The zero-order valence-corrected chi connectivity index (χ0v) is 16.4. The Balaban J connectivity index is 0. The first kappa shape index (κ1) is 51.6. The largest absolute Gasteiger partial charge is 0 e. The van der Waals surface area contributed by atoms with Crippen LogP contribution in [-0.4, -0.2) is 0 Å². The summed E-state index contributed by atoms with van der Waals surface area (Å²) in [4.78, 5) is 0. The van der Waals surface area contributed by atoms with Gasteiger partial charge in [-0.25, -0.2) is 0 Å². The first-order valence-electron chi connectivity index (χ1n) is 0. The normalized spacial score (nSPS) is 0. The minimum Gasteiger partial charge on any atom is 0 e. The summed E-state index contributed by atoms with van der Waals surface area (Å²) >= 11 is 0. The van der Waals surface area contributed by atoms with E-state index in [1.54, 1.807) is 0 Å². The van der Waals surface area contributed by atoms with Crippen molar-refractivity contribution in [1.82, 2.24) is 0 Å². The molecule has 6 heteroatoms. The third-order valence-corrected chi connectivity index (χ3v) is 0. The Morgan fingerprint density at radius 1 is 0.167 bits per heavy atom. The van der Waals surface area contributed by atoms with Gasteiger partial charge < -0.3 is 0 Å². The van der Waals surface area contributed by atoms with Crippen LogP contribution < -0.4 is 0 Å². The first-order valence-corrected chi connectivity index (χ1v) is 0. The van der Waals surface area contributed by atoms with Crippen LogP contribution in [0.25, 0.3) is 0 Å². The van der Waals surface area contributed by atoms with Crippen molar-refractivity contribution in [3.05, 3.63) is 0 Å². The fourth-order valence-electron chi connectivity index (χ4n) is 0. The van der Waals surface area contributed by atoms with E-state index < -0.39 is 0 Å². The minimum atomic E-state index is 0.